The molecule has 154 valence electrons. The molecular weight excluding hydrogens is 414 g/mol. The van der Waals surface area contributed by atoms with Crippen LogP contribution >= 0.6 is 23.5 Å². The topological polar surface area (TPSA) is 58.2 Å². The lowest BCUT2D eigenvalue weighted by atomic mass is 10.1. The predicted octanol–water partition coefficient (Wildman–Crippen LogP) is 3.16. The third kappa shape index (κ3) is 6.47. The molecule has 4 nitrogen and oxygen atoms in total. The second kappa shape index (κ2) is 10.6. The Morgan fingerprint density at radius 3 is 2.66 bits per heavy atom. The molecule has 2 aromatic rings. The minimum Gasteiger partial charge on any atom is -0.353 e. The van der Waals surface area contributed by atoms with Crippen molar-refractivity contribution in [2.45, 2.75) is 23.5 Å². The van der Waals surface area contributed by atoms with Crippen LogP contribution in [-0.4, -0.2) is 41.2 Å². The Labute approximate surface area is 177 Å². The van der Waals surface area contributed by atoms with Crippen LogP contribution in [0.1, 0.15) is 11.1 Å². The minimum atomic E-state index is -0.562. The quantitative estimate of drug-likeness (QED) is 0.625. The van der Waals surface area contributed by atoms with Gasteiger partial charge in [-0.05, 0) is 35.7 Å². The first-order valence-electron chi connectivity index (χ1n) is 9.28. The lowest BCUT2D eigenvalue weighted by Gasteiger charge is -2.28. The van der Waals surface area contributed by atoms with Gasteiger partial charge >= 0.3 is 0 Å². The molecule has 2 aromatic carbocycles. The molecule has 2 unspecified atom stereocenters. The summed E-state index contributed by atoms with van der Waals surface area (Å²) in [6.45, 7) is 0.452. The molecule has 1 aliphatic heterocycles. The predicted molar refractivity (Wildman–Crippen MR) is 114 cm³/mol. The van der Waals surface area contributed by atoms with Crippen molar-refractivity contribution in [3.8, 4) is 0 Å². The van der Waals surface area contributed by atoms with Gasteiger partial charge in [-0.3, -0.25) is 9.59 Å². The Bertz CT molecular complexity index is 849. The number of hydrogen-bond donors (Lipinski definition) is 2. The normalized spacial score (nSPS) is 18.9. The Balaban J connectivity index is 1.36. The van der Waals surface area contributed by atoms with E-state index in [0.717, 1.165) is 5.56 Å². The Kier molecular flexibility index (Phi) is 7.94. The third-order valence-electron chi connectivity index (χ3n) is 4.48. The molecule has 8 heteroatoms. The average molecular weight is 437 g/mol. The van der Waals surface area contributed by atoms with Crippen molar-refractivity contribution in [1.29, 1.82) is 0 Å². The Morgan fingerprint density at radius 1 is 1.17 bits per heavy atom. The van der Waals surface area contributed by atoms with Gasteiger partial charge in [0, 0.05) is 23.8 Å². The summed E-state index contributed by atoms with van der Waals surface area (Å²) < 4.78 is 26.5. The molecule has 2 N–H and O–H groups in total. The highest BCUT2D eigenvalue weighted by Gasteiger charge is 2.32. The monoisotopic (exact) mass is 436 g/mol. The molecular formula is C21H22F2N2O2S2. The highest BCUT2D eigenvalue weighted by molar-refractivity contribution is 8.00. The summed E-state index contributed by atoms with van der Waals surface area (Å²) >= 11 is 2.97. The SMILES string of the molecule is O=C(NCCSCc1ccccc1F)C1CSC(Cc2ccc(F)cc2)C(=O)N1. The third-order valence-corrected chi connectivity index (χ3v) is 6.80. The highest BCUT2D eigenvalue weighted by atomic mass is 32.2. The molecule has 0 radical (unpaired) electrons. The second-order valence-corrected chi connectivity index (χ2v) is 8.99. The van der Waals surface area contributed by atoms with Crippen LogP contribution in [0.2, 0.25) is 0 Å². The van der Waals surface area contributed by atoms with E-state index in [1.54, 1.807) is 30.3 Å². The van der Waals surface area contributed by atoms with Gasteiger partial charge in [0.2, 0.25) is 11.8 Å². The first-order valence-corrected chi connectivity index (χ1v) is 11.5. The smallest absolute Gasteiger partial charge is 0.243 e. The van der Waals surface area contributed by atoms with E-state index in [9.17, 15) is 18.4 Å². The van der Waals surface area contributed by atoms with Gasteiger partial charge in [0.15, 0.2) is 0 Å². The van der Waals surface area contributed by atoms with E-state index in [-0.39, 0.29) is 28.7 Å². The summed E-state index contributed by atoms with van der Waals surface area (Å²) in [6.07, 6.45) is 0.498. The summed E-state index contributed by atoms with van der Waals surface area (Å²) in [6, 6.07) is 12.2. The largest absolute Gasteiger partial charge is 0.353 e. The van der Waals surface area contributed by atoms with Gasteiger partial charge in [0.25, 0.3) is 0 Å². The van der Waals surface area contributed by atoms with Crippen molar-refractivity contribution in [2.24, 2.45) is 0 Å². The summed E-state index contributed by atoms with van der Waals surface area (Å²) in [7, 11) is 0. The van der Waals surface area contributed by atoms with Gasteiger partial charge in [-0.1, -0.05) is 30.3 Å². The molecule has 0 spiro atoms. The van der Waals surface area contributed by atoms with Crippen LogP contribution in [0.15, 0.2) is 48.5 Å². The lowest BCUT2D eigenvalue weighted by molar-refractivity contribution is -0.128. The van der Waals surface area contributed by atoms with Crippen LogP contribution in [0, 0.1) is 11.6 Å². The molecule has 1 aliphatic rings. The molecule has 0 aromatic heterocycles. The van der Waals surface area contributed by atoms with Crippen LogP contribution in [0.5, 0.6) is 0 Å². The van der Waals surface area contributed by atoms with E-state index in [2.05, 4.69) is 10.6 Å². The number of benzene rings is 2. The molecule has 0 aliphatic carbocycles. The zero-order chi connectivity index (χ0) is 20.6. The number of rotatable bonds is 8. The number of thioether (sulfide) groups is 2. The number of hydrogen-bond acceptors (Lipinski definition) is 4. The van der Waals surface area contributed by atoms with Crippen molar-refractivity contribution in [3.05, 3.63) is 71.3 Å². The van der Waals surface area contributed by atoms with E-state index < -0.39 is 6.04 Å². The number of halogens is 2. The fraction of sp³-hybridized carbons (Fsp3) is 0.333. The van der Waals surface area contributed by atoms with E-state index in [1.165, 1.54) is 41.7 Å². The maximum Gasteiger partial charge on any atom is 0.243 e. The summed E-state index contributed by atoms with van der Waals surface area (Å²) in [5.41, 5.74) is 1.53. The van der Waals surface area contributed by atoms with Crippen LogP contribution in [0.4, 0.5) is 8.78 Å². The molecule has 1 fully saturated rings. The van der Waals surface area contributed by atoms with Gasteiger partial charge < -0.3 is 10.6 Å². The van der Waals surface area contributed by atoms with Gasteiger partial charge in [-0.25, -0.2) is 8.78 Å². The van der Waals surface area contributed by atoms with Crippen molar-refractivity contribution in [1.82, 2.24) is 10.6 Å². The Hall–Kier alpha value is -2.06. The molecule has 0 bridgehead atoms. The molecule has 2 atom stereocenters. The fourth-order valence-electron chi connectivity index (χ4n) is 2.89. The van der Waals surface area contributed by atoms with Crippen LogP contribution in [0.3, 0.4) is 0 Å². The number of carbonyl (C=O) groups is 2. The first kappa shape index (κ1) is 21.6. The van der Waals surface area contributed by atoms with E-state index >= 15 is 0 Å². The highest BCUT2D eigenvalue weighted by Crippen LogP contribution is 2.22. The van der Waals surface area contributed by atoms with Crippen molar-refractivity contribution >= 4 is 35.3 Å². The van der Waals surface area contributed by atoms with Gasteiger partial charge in [-0.2, -0.15) is 11.8 Å². The molecule has 3 rings (SSSR count). The fourth-order valence-corrected chi connectivity index (χ4v) is 4.92. The van der Waals surface area contributed by atoms with Gasteiger partial charge in [0.1, 0.15) is 17.7 Å². The molecule has 1 saturated heterocycles. The van der Waals surface area contributed by atoms with Crippen LogP contribution in [-0.2, 0) is 21.8 Å². The van der Waals surface area contributed by atoms with Crippen molar-refractivity contribution in [2.75, 3.05) is 18.1 Å². The second-order valence-electron chi connectivity index (χ2n) is 6.65. The van der Waals surface area contributed by atoms with E-state index in [4.69, 9.17) is 0 Å². The number of carbonyl (C=O) groups excluding carboxylic acids is 2. The van der Waals surface area contributed by atoms with Gasteiger partial charge in [-0.15, -0.1) is 11.8 Å². The molecule has 29 heavy (non-hydrogen) atoms. The Morgan fingerprint density at radius 2 is 1.93 bits per heavy atom. The molecule has 2 amide bonds. The van der Waals surface area contributed by atoms with Crippen molar-refractivity contribution < 1.29 is 18.4 Å². The number of amides is 2. The van der Waals surface area contributed by atoms with Gasteiger partial charge in [0.05, 0.1) is 5.25 Å². The lowest BCUT2D eigenvalue weighted by Crippen LogP contribution is -2.54. The summed E-state index contributed by atoms with van der Waals surface area (Å²) in [5, 5.41) is 5.30. The molecule has 0 saturated carbocycles. The standard InChI is InChI=1S/C21H22F2N2O2S2/c22-16-7-5-14(6-8-16)11-19-21(27)25-18(13-29-19)20(26)24-9-10-28-12-15-3-1-2-4-17(15)23/h1-8,18-19H,9-13H2,(H,24,26)(H,25,27). The van der Waals surface area contributed by atoms with Crippen LogP contribution in [0.25, 0.3) is 0 Å². The minimum absolute atomic E-state index is 0.181. The van der Waals surface area contributed by atoms with E-state index in [0.29, 0.717) is 35.8 Å². The zero-order valence-electron chi connectivity index (χ0n) is 15.7. The summed E-state index contributed by atoms with van der Waals surface area (Å²) in [4.78, 5) is 24.6. The van der Waals surface area contributed by atoms with Crippen molar-refractivity contribution in [3.63, 3.8) is 0 Å². The average Bonchev–Trinajstić information content (AvgIpc) is 2.72. The number of nitrogens with one attached hydrogen (secondary N) is 2. The van der Waals surface area contributed by atoms with Crippen LogP contribution < -0.4 is 10.6 Å². The first-order chi connectivity index (χ1) is 14.0. The maximum atomic E-state index is 13.6. The zero-order valence-corrected chi connectivity index (χ0v) is 17.3. The summed E-state index contributed by atoms with van der Waals surface area (Å²) in [5.74, 6) is 0.771. The van der Waals surface area contributed by atoms with E-state index in [1.807, 2.05) is 0 Å². The molecule has 1 heterocycles. The maximum absolute atomic E-state index is 13.6.